The molecule has 2 aliphatic carbocycles. The SMILES string of the molecule is CC1(C)CCCC2(C)C(CC=C(C=O)CC=O)C(C=O)CCC12. The summed E-state index contributed by atoms with van der Waals surface area (Å²) >= 11 is 0. The molecule has 0 saturated heterocycles. The molecule has 2 rings (SSSR count). The van der Waals surface area contributed by atoms with E-state index in [9.17, 15) is 14.4 Å². The molecule has 4 unspecified atom stereocenters. The molecule has 4 atom stereocenters. The van der Waals surface area contributed by atoms with Gasteiger partial charge in [0.2, 0.25) is 0 Å². The van der Waals surface area contributed by atoms with Gasteiger partial charge in [-0.2, -0.15) is 0 Å². The Bertz CT molecular complexity index is 491. The van der Waals surface area contributed by atoms with E-state index >= 15 is 0 Å². The summed E-state index contributed by atoms with van der Waals surface area (Å²) in [5, 5.41) is 0. The highest BCUT2D eigenvalue weighted by atomic mass is 16.1. The number of rotatable bonds is 6. The van der Waals surface area contributed by atoms with Gasteiger partial charge in [0.05, 0.1) is 0 Å². The van der Waals surface area contributed by atoms with E-state index in [0.717, 1.165) is 44.5 Å². The largest absolute Gasteiger partial charge is 0.303 e. The predicted octanol–water partition coefficient (Wildman–Crippen LogP) is 4.15. The van der Waals surface area contributed by atoms with Crippen molar-refractivity contribution in [2.45, 2.75) is 65.7 Å². The Balaban J connectivity index is 2.30. The molecule has 0 aromatic heterocycles. The minimum Gasteiger partial charge on any atom is -0.303 e. The summed E-state index contributed by atoms with van der Waals surface area (Å²) < 4.78 is 0. The van der Waals surface area contributed by atoms with E-state index in [1.54, 1.807) is 0 Å². The Kier molecular flexibility index (Phi) is 5.59. The van der Waals surface area contributed by atoms with Crippen LogP contribution in [-0.2, 0) is 14.4 Å². The summed E-state index contributed by atoms with van der Waals surface area (Å²) in [4.78, 5) is 33.4. The van der Waals surface area contributed by atoms with Crippen molar-refractivity contribution in [1.29, 1.82) is 0 Å². The minimum absolute atomic E-state index is 0.0746. The molecular weight excluding hydrogens is 288 g/mol. The van der Waals surface area contributed by atoms with Crippen LogP contribution in [0.4, 0.5) is 0 Å². The molecule has 0 aliphatic heterocycles. The number of aldehydes is 3. The van der Waals surface area contributed by atoms with Gasteiger partial charge in [0.1, 0.15) is 18.9 Å². The van der Waals surface area contributed by atoms with Crippen LogP contribution in [0.3, 0.4) is 0 Å². The molecule has 0 aromatic rings. The number of fused-ring (bicyclic) bond motifs is 1. The first-order valence-electron chi connectivity index (χ1n) is 8.92. The molecule has 0 N–H and O–H groups in total. The average Bonchev–Trinajstić information content (AvgIpc) is 2.50. The molecule has 2 fully saturated rings. The lowest BCUT2D eigenvalue weighted by molar-refractivity contribution is -0.128. The number of hydrogen-bond acceptors (Lipinski definition) is 3. The Labute approximate surface area is 139 Å². The first kappa shape index (κ1) is 18.1. The van der Waals surface area contributed by atoms with E-state index < -0.39 is 0 Å². The zero-order chi connectivity index (χ0) is 17.1. The molecule has 0 bridgehead atoms. The van der Waals surface area contributed by atoms with Gasteiger partial charge in [-0.25, -0.2) is 0 Å². The highest BCUT2D eigenvalue weighted by Gasteiger charge is 2.54. The number of carbonyl (C=O) groups is 3. The summed E-state index contributed by atoms with van der Waals surface area (Å²) in [5.74, 6) is 0.981. The van der Waals surface area contributed by atoms with Crippen LogP contribution < -0.4 is 0 Å². The average molecular weight is 318 g/mol. The Hall–Kier alpha value is -1.25. The molecule has 2 aliphatic rings. The van der Waals surface area contributed by atoms with Crippen molar-refractivity contribution in [3.8, 4) is 0 Å². The summed E-state index contributed by atoms with van der Waals surface area (Å²) in [7, 11) is 0. The molecule has 23 heavy (non-hydrogen) atoms. The fourth-order valence-corrected chi connectivity index (χ4v) is 5.54. The lowest BCUT2D eigenvalue weighted by atomic mass is 9.46. The predicted molar refractivity (Wildman–Crippen MR) is 91.0 cm³/mol. The van der Waals surface area contributed by atoms with Crippen LogP contribution in [0.15, 0.2) is 11.6 Å². The van der Waals surface area contributed by atoms with Gasteiger partial charge >= 0.3 is 0 Å². The first-order chi connectivity index (χ1) is 10.9. The number of carbonyl (C=O) groups excluding carboxylic acids is 3. The van der Waals surface area contributed by atoms with Gasteiger partial charge < -0.3 is 9.59 Å². The second-order valence-corrected chi connectivity index (χ2v) is 8.39. The monoisotopic (exact) mass is 318 g/mol. The van der Waals surface area contributed by atoms with Gasteiger partial charge in [0, 0.05) is 12.3 Å². The Morgan fingerprint density at radius 1 is 1.09 bits per heavy atom. The van der Waals surface area contributed by atoms with Gasteiger partial charge in [-0.15, -0.1) is 0 Å². The Morgan fingerprint density at radius 2 is 1.83 bits per heavy atom. The maximum absolute atomic E-state index is 11.6. The summed E-state index contributed by atoms with van der Waals surface area (Å²) in [5.41, 5.74) is 1.02. The second-order valence-electron chi connectivity index (χ2n) is 8.39. The maximum atomic E-state index is 11.6. The smallest absolute Gasteiger partial charge is 0.146 e. The lowest BCUT2D eigenvalue weighted by Gasteiger charge is -2.58. The number of allylic oxidation sites excluding steroid dienone is 2. The van der Waals surface area contributed by atoms with Crippen molar-refractivity contribution in [1.82, 2.24) is 0 Å². The Morgan fingerprint density at radius 3 is 2.43 bits per heavy atom. The third kappa shape index (κ3) is 3.49. The van der Waals surface area contributed by atoms with E-state index in [1.807, 2.05) is 6.08 Å². The quantitative estimate of drug-likeness (QED) is 0.546. The van der Waals surface area contributed by atoms with Crippen LogP contribution in [-0.4, -0.2) is 18.9 Å². The molecule has 0 amide bonds. The van der Waals surface area contributed by atoms with Gasteiger partial charge in [-0.1, -0.05) is 33.3 Å². The van der Waals surface area contributed by atoms with Crippen LogP contribution in [0, 0.1) is 28.6 Å². The highest BCUT2D eigenvalue weighted by molar-refractivity contribution is 5.78. The molecular formula is C20H30O3. The van der Waals surface area contributed by atoms with Crippen molar-refractivity contribution in [2.24, 2.45) is 28.6 Å². The van der Waals surface area contributed by atoms with E-state index in [2.05, 4.69) is 20.8 Å². The molecule has 0 spiro atoms. The zero-order valence-electron chi connectivity index (χ0n) is 14.7. The van der Waals surface area contributed by atoms with E-state index in [-0.39, 0.29) is 23.7 Å². The summed E-state index contributed by atoms with van der Waals surface area (Å²) in [6.45, 7) is 7.09. The molecule has 2 saturated carbocycles. The van der Waals surface area contributed by atoms with Crippen LogP contribution in [0.2, 0.25) is 0 Å². The van der Waals surface area contributed by atoms with Crippen LogP contribution in [0.1, 0.15) is 65.7 Å². The summed E-state index contributed by atoms with van der Waals surface area (Å²) in [6, 6.07) is 0. The van der Waals surface area contributed by atoms with Crippen LogP contribution in [0.25, 0.3) is 0 Å². The van der Waals surface area contributed by atoms with E-state index in [4.69, 9.17) is 0 Å². The standard InChI is InChI=1S/C20H30O3/c1-19(2)10-4-11-20(3)17(7-5-15(13-22)9-12-21)16(14-23)6-8-18(19)20/h5,12-14,16-18H,4,6-11H2,1-3H3. The topological polar surface area (TPSA) is 51.2 Å². The lowest BCUT2D eigenvalue weighted by Crippen LogP contribution is -2.51. The van der Waals surface area contributed by atoms with E-state index in [1.165, 1.54) is 12.8 Å². The van der Waals surface area contributed by atoms with Gasteiger partial charge in [0.15, 0.2) is 0 Å². The molecule has 0 heterocycles. The highest BCUT2D eigenvalue weighted by Crippen LogP contribution is 2.61. The van der Waals surface area contributed by atoms with Gasteiger partial charge in [-0.3, -0.25) is 4.79 Å². The molecule has 0 radical (unpaired) electrons. The van der Waals surface area contributed by atoms with Crippen molar-refractivity contribution in [3.05, 3.63) is 11.6 Å². The fraction of sp³-hybridized carbons (Fsp3) is 0.750. The molecule has 0 aromatic carbocycles. The number of hydrogen-bond donors (Lipinski definition) is 0. The third-order valence-corrected chi connectivity index (χ3v) is 6.71. The van der Waals surface area contributed by atoms with Crippen molar-refractivity contribution < 1.29 is 14.4 Å². The van der Waals surface area contributed by atoms with Crippen LogP contribution >= 0.6 is 0 Å². The normalized spacial score (nSPS) is 36.8. The first-order valence-corrected chi connectivity index (χ1v) is 8.92. The van der Waals surface area contributed by atoms with Crippen molar-refractivity contribution >= 4 is 18.9 Å². The molecule has 3 nitrogen and oxygen atoms in total. The molecule has 128 valence electrons. The van der Waals surface area contributed by atoms with Crippen molar-refractivity contribution in [3.63, 3.8) is 0 Å². The molecule has 3 heteroatoms. The zero-order valence-corrected chi connectivity index (χ0v) is 14.7. The van der Waals surface area contributed by atoms with Crippen molar-refractivity contribution in [2.75, 3.05) is 0 Å². The third-order valence-electron chi connectivity index (χ3n) is 6.71. The maximum Gasteiger partial charge on any atom is 0.146 e. The van der Waals surface area contributed by atoms with Gasteiger partial charge in [-0.05, 0) is 60.3 Å². The second kappa shape index (κ2) is 7.11. The minimum atomic E-state index is 0.0746. The van der Waals surface area contributed by atoms with E-state index in [0.29, 0.717) is 16.9 Å². The van der Waals surface area contributed by atoms with Gasteiger partial charge in [0.25, 0.3) is 0 Å². The summed E-state index contributed by atoms with van der Waals surface area (Å²) in [6.07, 6.45) is 11.2. The fourth-order valence-electron chi connectivity index (χ4n) is 5.54. The van der Waals surface area contributed by atoms with Crippen LogP contribution in [0.5, 0.6) is 0 Å².